The number of alkyl halides is 10. The minimum Gasteiger partial charge on any atom is -0.544 e. The van der Waals surface area contributed by atoms with Gasteiger partial charge >= 0.3 is 29.6 Å². The van der Waals surface area contributed by atoms with E-state index in [4.69, 9.17) is 0 Å². The first-order valence-electron chi connectivity index (χ1n) is 5.61. The maximum Gasteiger partial charge on any atom is 0.384 e. The quantitative estimate of drug-likeness (QED) is 0.665. The van der Waals surface area contributed by atoms with Crippen molar-refractivity contribution in [3.05, 3.63) is 0 Å². The Bertz CT molecular complexity index is 424. The van der Waals surface area contributed by atoms with Crippen LogP contribution in [0.1, 0.15) is 26.2 Å². The lowest BCUT2D eigenvalue weighted by molar-refractivity contribution is -0.414. The highest BCUT2D eigenvalue weighted by Gasteiger charge is 2.86. The van der Waals surface area contributed by atoms with Gasteiger partial charge in [-0.3, -0.25) is 0 Å². The molecule has 140 valence electrons. The van der Waals surface area contributed by atoms with Crippen LogP contribution in [0.3, 0.4) is 0 Å². The Morgan fingerprint density at radius 1 is 0.826 bits per heavy atom. The Hall–Kier alpha value is -1.27. The number of carboxylic acids is 1. The average Bonchev–Trinajstić information content (AvgIpc) is 2.35. The molecule has 0 aromatic carbocycles. The molecular formula is C10H13F10NO2. The summed E-state index contributed by atoms with van der Waals surface area (Å²) < 4.78 is 129. The minimum absolute atomic E-state index is 0. The van der Waals surface area contributed by atoms with Gasteiger partial charge in [-0.2, -0.15) is 43.9 Å². The fourth-order valence-corrected chi connectivity index (χ4v) is 1.31. The molecule has 0 atom stereocenters. The SMILES string of the molecule is CCCCC(F)(F)C(F)(F)C(F)(F)C(F)(F)C(F)(F)C(=O)[O-].[NH4+]. The minimum atomic E-state index is -7.35. The van der Waals surface area contributed by atoms with Crippen molar-refractivity contribution in [3.63, 3.8) is 0 Å². The van der Waals surface area contributed by atoms with Crippen LogP contribution in [0.5, 0.6) is 0 Å². The van der Waals surface area contributed by atoms with Crippen LogP contribution in [0.25, 0.3) is 0 Å². The number of aliphatic carboxylic acids is 1. The van der Waals surface area contributed by atoms with Crippen molar-refractivity contribution in [2.45, 2.75) is 55.8 Å². The molecule has 0 bridgehead atoms. The fourth-order valence-electron chi connectivity index (χ4n) is 1.31. The zero-order valence-corrected chi connectivity index (χ0v) is 11.7. The summed E-state index contributed by atoms with van der Waals surface area (Å²) >= 11 is 0. The largest absolute Gasteiger partial charge is 0.544 e. The summed E-state index contributed by atoms with van der Waals surface area (Å²) in [6.45, 7) is 1.19. The standard InChI is InChI=1S/C10H10F10O2.H3N/c1-2-3-4-6(11,12)8(15,16)10(19,20)9(17,18)7(13,14)5(21)22;/h2-4H2,1H3,(H,21,22);1H3. The monoisotopic (exact) mass is 369 g/mol. The molecule has 0 amide bonds. The van der Waals surface area contributed by atoms with E-state index in [2.05, 4.69) is 0 Å². The molecule has 23 heavy (non-hydrogen) atoms. The molecule has 13 heteroatoms. The number of hydrogen-bond acceptors (Lipinski definition) is 2. The van der Waals surface area contributed by atoms with Gasteiger partial charge in [0.1, 0.15) is 5.97 Å². The molecule has 0 unspecified atom stereocenters. The van der Waals surface area contributed by atoms with E-state index in [1.807, 2.05) is 0 Å². The van der Waals surface area contributed by atoms with Crippen LogP contribution in [0, 0.1) is 0 Å². The highest BCUT2D eigenvalue weighted by Crippen LogP contribution is 2.57. The van der Waals surface area contributed by atoms with Gasteiger partial charge < -0.3 is 16.1 Å². The molecule has 3 nitrogen and oxygen atoms in total. The van der Waals surface area contributed by atoms with Gasteiger partial charge in [0.25, 0.3) is 0 Å². The van der Waals surface area contributed by atoms with Crippen LogP contribution in [0.2, 0.25) is 0 Å². The number of rotatable bonds is 8. The maximum absolute atomic E-state index is 13.1. The van der Waals surface area contributed by atoms with Gasteiger partial charge in [0.05, 0.1) is 0 Å². The van der Waals surface area contributed by atoms with E-state index in [0.29, 0.717) is 0 Å². The second-order valence-electron chi connectivity index (χ2n) is 4.39. The Morgan fingerprint density at radius 2 is 1.22 bits per heavy atom. The molecular weight excluding hydrogens is 356 g/mol. The molecule has 0 rings (SSSR count). The Kier molecular flexibility index (Phi) is 6.98. The van der Waals surface area contributed by atoms with Crippen LogP contribution >= 0.6 is 0 Å². The van der Waals surface area contributed by atoms with Crippen LogP contribution in [-0.4, -0.2) is 35.6 Å². The highest BCUT2D eigenvalue weighted by molar-refractivity contribution is 5.75. The van der Waals surface area contributed by atoms with Gasteiger partial charge in [-0.1, -0.05) is 13.3 Å². The first-order chi connectivity index (χ1) is 9.50. The predicted molar refractivity (Wildman–Crippen MR) is 55.3 cm³/mol. The molecule has 0 heterocycles. The molecule has 0 aliphatic carbocycles. The molecule has 0 aromatic heterocycles. The third-order valence-electron chi connectivity index (χ3n) is 2.74. The fraction of sp³-hybridized carbons (Fsp3) is 0.900. The lowest BCUT2D eigenvalue weighted by Gasteiger charge is -2.39. The second kappa shape index (κ2) is 6.69. The van der Waals surface area contributed by atoms with E-state index < -0.39 is 48.4 Å². The summed E-state index contributed by atoms with van der Waals surface area (Å²) in [6.07, 6.45) is -2.98. The zero-order valence-electron chi connectivity index (χ0n) is 11.7. The predicted octanol–water partition coefficient (Wildman–Crippen LogP) is 3.48. The van der Waals surface area contributed by atoms with E-state index in [0.717, 1.165) is 0 Å². The van der Waals surface area contributed by atoms with Gasteiger partial charge in [-0.05, 0) is 6.42 Å². The van der Waals surface area contributed by atoms with Gasteiger partial charge in [-0.25, -0.2) is 0 Å². The normalized spacial score (nSPS) is 14.4. The summed E-state index contributed by atoms with van der Waals surface area (Å²) in [5.41, 5.74) is 0. The van der Waals surface area contributed by atoms with Gasteiger partial charge in [0.2, 0.25) is 0 Å². The third-order valence-corrected chi connectivity index (χ3v) is 2.74. The first kappa shape index (κ1) is 24.0. The van der Waals surface area contributed by atoms with Gasteiger partial charge in [0, 0.05) is 6.42 Å². The number of carboxylic acid groups (broad SMARTS) is 1. The number of unbranched alkanes of at least 4 members (excludes halogenated alkanes) is 1. The summed E-state index contributed by atoms with van der Waals surface area (Å²) in [6, 6.07) is 0. The van der Waals surface area contributed by atoms with Crippen molar-refractivity contribution in [2.75, 3.05) is 0 Å². The lowest BCUT2D eigenvalue weighted by Crippen LogP contribution is -2.70. The van der Waals surface area contributed by atoms with Gasteiger partial charge in [0.15, 0.2) is 0 Å². The number of halogens is 10. The number of carbonyl (C=O) groups is 1. The summed E-state index contributed by atoms with van der Waals surface area (Å²) in [4.78, 5) is 9.76. The second-order valence-corrected chi connectivity index (χ2v) is 4.39. The molecule has 0 spiro atoms. The lowest BCUT2D eigenvalue weighted by atomic mass is 9.92. The molecule has 0 saturated carbocycles. The highest BCUT2D eigenvalue weighted by atomic mass is 19.4. The van der Waals surface area contributed by atoms with Crippen LogP contribution in [-0.2, 0) is 4.79 Å². The zero-order chi connectivity index (χ0) is 18.2. The molecule has 0 aliphatic heterocycles. The van der Waals surface area contributed by atoms with E-state index in [9.17, 15) is 53.8 Å². The van der Waals surface area contributed by atoms with E-state index in [-0.39, 0.29) is 12.6 Å². The molecule has 0 radical (unpaired) electrons. The van der Waals surface area contributed by atoms with Crippen LogP contribution in [0.15, 0.2) is 0 Å². The number of carbonyl (C=O) groups excluding carboxylic acids is 1. The van der Waals surface area contributed by atoms with Crippen molar-refractivity contribution in [1.29, 1.82) is 0 Å². The number of quaternary nitrogens is 1. The molecule has 0 aliphatic rings. The molecule has 0 fully saturated rings. The Balaban J connectivity index is 0. The van der Waals surface area contributed by atoms with Crippen molar-refractivity contribution >= 4 is 5.97 Å². The third kappa shape index (κ3) is 3.48. The van der Waals surface area contributed by atoms with E-state index in [1.165, 1.54) is 6.92 Å². The van der Waals surface area contributed by atoms with Crippen molar-refractivity contribution in [3.8, 4) is 0 Å². The summed E-state index contributed by atoms with van der Waals surface area (Å²) in [5.74, 6) is -38.2. The Morgan fingerprint density at radius 3 is 1.52 bits per heavy atom. The smallest absolute Gasteiger partial charge is 0.384 e. The van der Waals surface area contributed by atoms with Crippen molar-refractivity contribution < 1.29 is 53.8 Å². The number of hydrogen-bond donors (Lipinski definition) is 1. The maximum atomic E-state index is 13.1. The topological polar surface area (TPSA) is 76.6 Å². The Labute approximate surface area is 123 Å². The summed E-state index contributed by atoms with van der Waals surface area (Å²) in [5, 5.41) is 9.76. The average molecular weight is 369 g/mol. The van der Waals surface area contributed by atoms with Crippen molar-refractivity contribution in [2.24, 2.45) is 0 Å². The summed E-state index contributed by atoms with van der Waals surface area (Å²) in [7, 11) is 0. The van der Waals surface area contributed by atoms with E-state index >= 15 is 0 Å². The van der Waals surface area contributed by atoms with Gasteiger partial charge in [-0.15, -0.1) is 0 Å². The van der Waals surface area contributed by atoms with Crippen molar-refractivity contribution in [1.82, 2.24) is 6.15 Å². The first-order valence-corrected chi connectivity index (χ1v) is 5.61. The van der Waals surface area contributed by atoms with Crippen LogP contribution < -0.4 is 11.3 Å². The molecule has 0 saturated heterocycles. The molecule has 4 N–H and O–H groups in total. The van der Waals surface area contributed by atoms with E-state index in [1.54, 1.807) is 0 Å². The van der Waals surface area contributed by atoms with Crippen LogP contribution in [0.4, 0.5) is 43.9 Å². The molecule has 0 aromatic rings.